The van der Waals surface area contributed by atoms with Gasteiger partial charge >= 0.3 is 0 Å². The molecule has 0 amide bonds. The van der Waals surface area contributed by atoms with Gasteiger partial charge in [-0.05, 0) is 56.6 Å². The van der Waals surface area contributed by atoms with Crippen molar-refractivity contribution in [1.29, 1.82) is 0 Å². The molecule has 0 bridgehead atoms. The number of nitrogens with one attached hydrogen (secondary N) is 1. The Labute approximate surface area is 121 Å². The molecule has 0 spiro atoms. The molecule has 1 N–H and O–H groups in total. The van der Waals surface area contributed by atoms with Gasteiger partial charge in [-0.1, -0.05) is 23.7 Å². The van der Waals surface area contributed by atoms with Crippen LogP contribution in [0.3, 0.4) is 0 Å². The standard InChI is InChI=1S/C14H21ClN2.ClH/c1-17(11-13-5-3-7-16-9-13)10-12-4-2-6-14(15)8-12;/h2,4,6,8,13,16H,3,5,7,9-11H2,1H3;1H. The van der Waals surface area contributed by atoms with Crippen LogP contribution in [-0.4, -0.2) is 31.6 Å². The van der Waals surface area contributed by atoms with Crippen LogP contribution < -0.4 is 5.32 Å². The molecule has 1 aliphatic heterocycles. The Morgan fingerprint density at radius 3 is 2.94 bits per heavy atom. The highest BCUT2D eigenvalue weighted by Crippen LogP contribution is 2.15. The molecule has 1 fully saturated rings. The number of piperidine rings is 1. The first-order valence-corrected chi connectivity index (χ1v) is 6.75. The fourth-order valence-corrected chi connectivity index (χ4v) is 2.75. The molecule has 18 heavy (non-hydrogen) atoms. The van der Waals surface area contributed by atoms with Gasteiger partial charge in [0, 0.05) is 18.1 Å². The van der Waals surface area contributed by atoms with Crippen LogP contribution in [0.2, 0.25) is 5.02 Å². The zero-order valence-electron chi connectivity index (χ0n) is 10.9. The Kier molecular flexibility index (Phi) is 7.02. The SMILES string of the molecule is CN(Cc1cccc(Cl)c1)CC1CCCNC1.Cl. The van der Waals surface area contributed by atoms with Crippen LogP contribution in [0.1, 0.15) is 18.4 Å². The maximum atomic E-state index is 5.99. The van der Waals surface area contributed by atoms with Gasteiger partial charge in [-0.2, -0.15) is 0 Å². The summed E-state index contributed by atoms with van der Waals surface area (Å²) in [5.41, 5.74) is 1.30. The van der Waals surface area contributed by atoms with Gasteiger partial charge in [-0.3, -0.25) is 0 Å². The Morgan fingerprint density at radius 2 is 2.28 bits per heavy atom. The molecule has 1 aromatic rings. The van der Waals surface area contributed by atoms with Crippen molar-refractivity contribution in [2.75, 3.05) is 26.7 Å². The fourth-order valence-electron chi connectivity index (χ4n) is 2.53. The summed E-state index contributed by atoms with van der Waals surface area (Å²) in [4.78, 5) is 2.39. The molecule has 0 aliphatic carbocycles. The lowest BCUT2D eigenvalue weighted by Crippen LogP contribution is -2.36. The van der Waals surface area contributed by atoms with Crippen LogP contribution in [0.5, 0.6) is 0 Å². The normalized spacial score (nSPS) is 19.6. The summed E-state index contributed by atoms with van der Waals surface area (Å²) < 4.78 is 0. The van der Waals surface area contributed by atoms with E-state index in [-0.39, 0.29) is 12.4 Å². The number of hydrogen-bond acceptors (Lipinski definition) is 2. The number of hydrogen-bond donors (Lipinski definition) is 1. The minimum Gasteiger partial charge on any atom is -0.316 e. The second kappa shape index (κ2) is 8.00. The van der Waals surface area contributed by atoms with Crippen LogP contribution in [-0.2, 0) is 6.54 Å². The maximum Gasteiger partial charge on any atom is 0.0409 e. The molecule has 4 heteroatoms. The second-order valence-corrected chi connectivity index (χ2v) is 5.48. The molecule has 0 aromatic heterocycles. The van der Waals surface area contributed by atoms with Gasteiger partial charge in [-0.25, -0.2) is 0 Å². The van der Waals surface area contributed by atoms with Crippen molar-refractivity contribution in [1.82, 2.24) is 10.2 Å². The molecule has 102 valence electrons. The van der Waals surface area contributed by atoms with Crippen LogP contribution in [0.15, 0.2) is 24.3 Å². The number of rotatable bonds is 4. The fraction of sp³-hybridized carbons (Fsp3) is 0.571. The van der Waals surface area contributed by atoms with Gasteiger partial charge in [0.2, 0.25) is 0 Å². The van der Waals surface area contributed by atoms with Crippen LogP contribution in [0.4, 0.5) is 0 Å². The van der Waals surface area contributed by atoms with Crippen molar-refractivity contribution in [2.45, 2.75) is 19.4 Å². The van der Waals surface area contributed by atoms with Crippen molar-refractivity contribution in [3.05, 3.63) is 34.9 Å². The van der Waals surface area contributed by atoms with Crippen molar-refractivity contribution >= 4 is 24.0 Å². The third kappa shape index (κ3) is 5.15. The Morgan fingerprint density at radius 1 is 1.44 bits per heavy atom. The van der Waals surface area contributed by atoms with Crippen molar-refractivity contribution in [2.24, 2.45) is 5.92 Å². The van der Waals surface area contributed by atoms with Gasteiger partial charge < -0.3 is 10.2 Å². The summed E-state index contributed by atoms with van der Waals surface area (Å²) in [6.07, 6.45) is 2.67. The maximum absolute atomic E-state index is 5.99. The molecular weight excluding hydrogens is 267 g/mol. The molecule has 1 aromatic carbocycles. The van der Waals surface area contributed by atoms with Gasteiger partial charge in [0.15, 0.2) is 0 Å². The van der Waals surface area contributed by atoms with Crippen LogP contribution in [0, 0.1) is 5.92 Å². The summed E-state index contributed by atoms with van der Waals surface area (Å²) in [5, 5.41) is 4.29. The van der Waals surface area contributed by atoms with Gasteiger partial charge in [0.25, 0.3) is 0 Å². The zero-order valence-corrected chi connectivity index (χ0v) is 12.4. The molecule has 1 heterocycles. The third-order valence-electron chi connectivity index (χ3n) is 3.31. The van der Waals surface area contributed by atoms with E-state index in [0.29, 0.717) is 0 Å². The second-order valence-electron chi connectivity index (χ2n) is 5.04. The first-order valence-electron chi connectivity index (χ1n) is 6.38. The monoisotopic (exact) mass is 288 g/mol. The summed E-state index contributed by atoms with van der Waals surface area (Å²) >= 11 is 5.99. The molecular formula is C14H22Cl2N2. The number of benzene rings is 1. The Hall–Kier alpha value is -0.280. The lowest BCUT2D eigenvalue weighted by atomic mass is 9.99. The van der Waals surface area contributed by atoms with E-state index in [4.69, 9.17) is 11.6 Å². The lowest BCUT2D eigenvalue weighted by molar-refractivity contribution is 0.237. The average molecular weight is 289 g/mol. The van der Waals surface area contributed by atoms with E-state index in [0.717, 1.165) is 17.5 Å². The van der Waals surface area contributed by atoms with Crippen LogP contribution in [0.25, 0.3) is 0 Å². The predicted octanol–water partition coefficient (Wildman–Crippen LogP) is 3.19. The summed E-state index contributed by atoms with van der Waals surface area (Å²) in [6, 6.07) is 8.14. The topological polar surface area (TPSA) is 15.3 Å². The van der Waals surface area contributed by atoms with Crippen LogP contribution >= 0.6 is 24.0 Å². The smallest absolute Gasteiger partial charge is 0.0409 e. The molecule has 1 aliphatic rings. The van der Waals surface area contributed by atoms with E-state index in [1.165, 1.54) is 38.0 Å². The minimum atomic E-state index is 0. The number of nitrogens with zero attached hydrogens (tertiary/aromatic N) is 1. The molecule has 0 radical (unpaired) electrons. The van der Waals surface area contributed by atoms with Crippen molar-refractivity contribution in [3.63, 3.8) is 0 Å². The van der Waals surface area contributed by atoms with Gasteiger partial charge in [0.1, 0.15) is 0 Å². The highest BCUT2D eigenvalue weighted by molar-refractivity contribution is 6.30. The molecule has 1 saturated heterocycles. The summed E-state index contributed by atoms with van der Waals surface area (Å²) in [6.45, 7) is 4.50. The lowest BCUT2D eigenvalue weighted by Gasteiger charge is -2.27. The Bertz CT molecular complexity index is 351. The molecule has 2 rings (SSSR count). The zero-order chi connectivity index (χ0) is 12.1. The summed E-state index contributed by atoms with van der Waals surface area (Å²) in [7, 11) is 2.19. The van der Waals surface area contributed by atoms with Crippen molar-refractivity contribution < 1.29 is 0 Å². The largest absolute Gasteiger partial charge is 0.316 e. The molecule has 1 unspecified atom stereocenters. The number of halogens is 2. The van der Waals surface area contributed by atoms with Gasteiger partial charge in [-0.15, -0.1) is 12.4 Å². The van der Waals surface area contributed by atoms with E-state index in [9.17, 15) is 0 Å². The average Bonchev–Trinajstić information content (AvgIpc) is 2.30. The predicted molar refractivity (Wildman–Crippen MR) is 80.6 cm³/mol. The quantitative estimate of drug-likeness (QED) is 0.915. The van der Waals surface area contributed by atoms with Gasteiger partial charge in [0.05, 0.1) is 0 Å². The summed E-state index contributed by atoms with van der Waals surface area (Å²) in [5.74, 6) is 0.799. The highest BCUT2D eigenvalue weighted by atomic mass is 35.5. The van der Waals surface area contributed by atoms with E-state index in [1.54, 1.807) is 0 Å². The van der Waals surface area contributed by atoms with E-state index < -0.39 is 0 Å². The first-order chi connectivity index (χ1) is 8.24. The van der Waals surface area contributed by atoms with E-state index in [2.05, 4.69) is 29.4 Å². The first kappa shape index (κ1) is 15.8. The van der Waals surface area contributed by atoms with E-state index in [1.807, 2.05) is 12.1 Å². The van der Waals surface area contributed by atoms with Crippen molar-refractivity contribution in [3.8, 4) is 0 Å². The molecule has 2 nitrogen and oxygen atoms in total. The molecule has 1 atom stereocenters. The third-order valence-corrected chi connectivity index (χ3v) is 3.55. The highest BCUT2D eigenvalue weighted by Gasteiger charge is 2.14. The molecule has 0 saturated carbocycles. The minimum absolute atomic E-state index is 0. The van der Waals surface area contributed by atoms with E-state index >= 15 is 0 Å². The Balaban J connectivity index is 0.00000162.